The van der Waals surface area contributed by atoms with Gasteiger partial charge in [-0.1, -0.05) is 30.3 Å². The van der Waals surface area contributed by atoms with Crippen molar-refractivity contribution in [1.29, 1.82) is 0 Å². The number of amides is 1. The molecule has 1 heterocycles. The predicted molar refractivity (Wildman–Crippen MR) is 76.6 cm³/mol. The van der Waals surface area contributed by atoms with Gasteiger partial charge >= 0.3 is 0 Å². The van der Waals surface area contributed by atoms with Gasteiger partial charge in [0.1, 0.15) is 0 Å². The van der Waals surface area contributed by atoms with Crippen molar-refractivity contribution in [2.75, 3.05) is 20.1 Å². The summed E-state index contributed by atoms with van der Waals surface area (Å²) < 4.78 is 0. The maximum absolute atomic E-state index is 12.0. The number of hydrogen-bond donors (Lipinski definition) is 2. The summed E-state index contributed by atoms with van der Waals surface area (Å²) in [5.74, 6) is 0.0525. The van der Waals surface area contributed by atoms with Crippen LogP contribution in [0.1, 0.15) is 30.9 Å². The number of nitrogens with zero attached hydrogens (tertiary/aromatic N) is 1. The Morgan fingerprint density at radius 2 is 2.21 bits per heavy atom. The van der Waals surface area contributed by atoms with Crippen molar-refractivity contribution in [2.24, 2.45) is 5.73 Å². The molecule has 1 aromatic carbocycles. The first-order chi connectivity index (χ1) is 9.15. The molecule has 2 atom stereocenters. The highest BCUT2D eigenvalue weighted by Gasteiger charge is 2.20. The summed E-state index contributed by atoms with van der Waals surface area (Å²) in [6.07, 6.45) is 2.56. The fourth-order valence-electron chi connectivity index (χ4n) is 2.59. The highest BCUT2D eigenvalue weighted by atomic mass is 16.1. The zero-order valence-corrected chi connectivity index (χ0v) is 11.5. The molecule has 0 aliphatic carbocycles. The first kappa shape index (κ1) is 14.0. The minimum Gasteiger partial charge on any atom is -0.352 e. The van der Waals surface area contributed by atoms with Gasteiger partial charge in [0.2, 0.25) is 5.91 Å². The summed E-state index contributed by atoms with van der Waals surface area (Å²) in [4.78, 5) is 14.2. The van der Waals surface area contributed by atoms with Gasteiger partial charge in [0.15, 0.2) is 0 Å². The van der Waals surface area contributed by atoms with E-state index >= 15 is 0 Å². The van der Waals surface area contributed by atoms with Gasteiger partial charge in [-0.15, -0.1) is 0 Å². The van der Waals surface area contributed by atoms with Crippen LogP contribution >= 0.6 is 0 Å². The van der Waals surface area contributed by atoms with Gasteiger partial charge in [-0.05, 0) is 32.0 Å². The summed E-state index contributed by atoms with van der Waals surface area (Å²) >= 11 is 0. The first-order valence-corrected chi connectivity index (χ1v) is 6.93. The second-order valence-corrected chi connectivity index (χ2v) is 5.39. The summed E-state index contributed by atoms with van der Waals surface area (Å²) in [6.45, 7) is 2.06. The zero-order chi connectivity index (χ0) is 13.7. The number of hydrogen-bond acceptors (Lipinski definition) is 3. The number of nitrogens with two attached hydrogens (primary N) is 1. The van der Waals surface area contributed by atoms with Crippen LogP contribution in [0.3, 0.4) is 0 Å². The van der Waals surface area contributed by atoms with Gasteiger partial charge in [0.05, 0.1) is 0 Å². The monoisotopic (exact) mass is 261 g/mol. The van der Waals surface area contributed by atoms with E-state index < -0.39 is 0 Å². The van der Waals surface area contributed by atoms with Crippen LogP contribution < -0.4 is 11.1 Å². The van der Waals surface area contributed by atoms with E-state index in [9.17, 15) is 4.79 Å². The second-order valence-electron chi connectivity index (χ2n) is 5.39. The minimum atomic E-state index is -0.220. The molecule has 1 amide bonds. The van der Waals surface area contributed by atoms with E-state index in [1.54, 1.807) is 0 Å². The van der Waals surface area contributed by atoms with Crippen LogP contribution in [-0.4, -0.2) is 37.0 Å². The van der Waals surface area contributed by atoms with E-state index in [0.717, 1.165) is 31.5 Å². The Hall–Kier alpha value is -1.39. The number of nitrogens with one attached hydrogen (secondary N) is 1. The first-order valence-electron chi connectivity index (χ1n) is 6.93. The van der Waals surface area contributed by atoms with Gasteiger partial charge < -0.3 is 16.0 Å². The van der Waals surface area contributed by atoms with E-state index in [-0.39, 0.29) is 18.0 Å². The van der Waals surface area contributed by atoms with Crippen molar-refractivity contribution >= 4 is 5.91 Å². The lowest BCUT2D eigenvalue weighted by Gasteiger charge is -2.30. The molecule has 0 saturated carbocycles. The third-order valence-corrected chi connectivity index (χ3v) is 3.62. The lowest BCUT2D eigenvalue weighted by atomic mass is 10.0. The fourth-order valence-corrected chi connectivity index (χ4v) is 2.59. The van der Waals surface area contributed by atoms with Gasteiger partial charge in [0, 0.05) is 25.0 Å². The Kier molecular flexibility index (Phi) is 4.93. The number of piperidine rings is 1. The lowest BCUT2D eigenvalue weighted by molar-refractivity contribution is -0.122. The average molecular weight is 261 g/mol. The Balaban J connectivity index is 1.81. The SMILES string of the molecule is CN1CCCC(NC(=O)CC(N)c2ccccc2)C1. The average Bonchev–Trinajstić information content (AvgIpc) is 2.39. The van der Waals surface area contributed by atoms with E-state index in [4.69, 9.17) is 5.73 Å². The Morgan fingerprint density at radius 3 is 2.89 bits per heavy atom. The summed E-state index contributed by atoms with van der Waals surface area (Å²) in [6, 6.07) is 9.83. The number of carbonyl (C=O) groups excluding carboxylic acids is 1. The van der Waals surface area contributed by atoms with Gasteiger partial charge in [-0.3, -0.25) is 4.79 Å². The van der Waals surface area contributed by atoms with Crippen molar-refractivity contribution in [3.05, 3.63) is 35.9 Å². The van der Waals surface area contributed by atoms with Crippen LogP contribution in [0.4, 0.5) is 0 Å². The lowest BCUT2D eigenvalue weighted by Crippen LogP contribution is -2.46. The molecule has 104 valence electrons. The molecule has 2 unspecified atom stereocenters. The fraction of sp³-hybridized carbons (Fsp3) is 0.533. The molecular weight excluding hydrogens is 238 g/mol. The molecule has 2 rings (SSSR count). The highest BCUT2D eigenvalue weighted by Crippen LogP contribution is 2.14. The molecule has 0 bridgehead atoms. The van der Waals surface area contributed by atoms with Gasteiger partial charge in [-0.2, -0.15) is 0 Å². The van der Waals surface area contributed by atoms with Crippen molar-refractivity contribution in [3.63, 3.8) is 0 Å². The molecule has 1 aliphatic heterocycles. The van der Waals surface area contributed by atoms with E-state index in [0.29, 0.717) is 6.42 Å². The summed E-state index contributed by atoms with van der Waals surface area (Å²) in [5.41, 5.74) is 7.07. The number of benzene rings is 1. The van der Waals surface area contributed by atoms with Crippen molar-refractivity contribution in [1.82, 2.24) is 10.2 Å². The quantitative estimate of drug-likeness (QED) is 0.858. The Morgan fingerprint density at radius 1 is 1.47 bits per heavy atom. The molecule has 1 fully saturated rings. The second kappa shape index (κ2) is 6.68. The van der Waals surface area contributed by atoms with Crippen molar-refractivity contribution in [2.45, 2.75) is 31.3 Å². The smallest absolute Gasteiger partial charge is 0.222 e. The molecule has 3 N–H and O–H groups in total. The Bertz CT molecular complexity index is 407. The molecule has 0 spiro atoms. The van der Waals surface area contributed by atoms with Crippen LogP contribution in [0, 0.1) is 0 Å². The van der Waals surface area contributed by atoms with Crippen LogP contribution in [0.2, 0.25) is 0 Å². The number of likely N-dealkylation sites (tertiary alicyclic amines) is 1. The maximum Gasteiger partial charge on any atom is 0.222 e. The van der Waals surface area contributed by atoms with E-state index in [2.05, 4.69) is 17.3 Å². The molecule has 4 heteroatoms. The molecule has 1 aromatic rings. The predicted octanol–water partition coefficient (Wildman–Crippen LogP) is 1.29. The van der Waals surface area contributed by atoms with E-state index in [1.165, 1.54) is 0 Å². The summed E-state index contributed by atoms with van der Waals surface area (Å²) in [5, 5.41) is 3.09. The van der Waals surface area contributed by atoms with E-state index in [1.807, 2.05) is 30.3 Å². The number of rotatable bonds is 4. The topological polar surface area (TPSA) is 58.4 Å². The van der Waals surface area contributed by atoms with Crippen molar-refractivity contribution < 1.29 is 4.79 Å². The van der Waals surface area contributed by atoms with Gasteiger partial charge in [0.25, 0.3) is 0 Å². The van der Waals surface area contributed by atoms with Crippen LogP contribution in [-0.2, 0) is 4.79 Å². The standard InChI is InChI=1S/C15H23N3O/c1-18-9-5-8-13(11-18)17-15(19)10-14(16)12-6-3-2-4-7-12/h2-4,6-7,13-14H,5,8-11,16H2,1H3,(H,17,19). The largest absolute Gasteiger partial charge is 0.352 e. The molecule has 19 heavy (non-hydrogen) atoms. The maximum atomic E-state index is 12.0. The minimum absolute atomic E-state index is 0.0525. The third-order valence-electron chi connectivity index (χ3n) is 3.62. The van der Waals surface area contributed by atoms with Crippen LogP contribution in [0.25, 0.3) is 0 Å². The zero-order valence-electron chi connectivity index (χ0n) is 11.5. The third kappa shape index (κ3) is 4.33. The molecule has 1 saturated heterocycles. The molecule has 1 aliphatic rings. The summed E-state index contributed by atoms with van der Waals surface area (Å²) in [7, 11) is 2.09. The Labute approximate surface area is 115 Å². The molecule has 4 nitrogen and oxygen atoms in total. The number of likely N-dealkylation sites (N-methyl/N-ethyl adjacent to an activating group) is 1. The van der Waals surface area contributed by atoms with Crippen molar-refractivity contribution in [3.8, 4) is 0 Å². The molecular formula is C15H23N3O. The molecule has 0 aromatic heterocycles. The highest BCUT2D eigenvalue weighted by molar-refractivity contribution is 5.77. The van der Waals surface area contributed by atoms with Crippen LogP contribution in [0.15, 0.2) is 30.3 Å². The number of carbonyl (C=O) groups is 1. The molecule has 0 radical (unpaired) electrons. The van der Waals surface area contributed by atoms with Crippen LogP contribution in [0.5, 0.6) is 0 Å². The normalized spacial score (nSPS) is 21.9. The van der Waals surface area contributed by atoms with Gasteiger partial charge in [-0.25, -0.2) is 0 Å².